The molecule has 0 aromatic carbocycles. The molecule has 2 N–H and O–H groups in total. The lowest BCUT2D eigenvalue weighted by molar-refractivity contribution is 0.273. The first-order valence-electron chi connectivity index (χ1n) is 5.74. The molecule has 1 atom stereocenters. The van der Waals surface area contributed by atoms with E-state index in [1.54, 1.807) is 6.26 Å². The van der Waals surface area contributed by atoms with Gasteiger partial charge in [-0.25, -0.2) is 4.98 Å². The molecule has 0 saturated heterocycles. The number of pyridine rings is 1. The molecule has 0 aliphatic carbocycles. The molecule has 2 aromatic heterocycles. The van der Waals surface area contributed by atoms with Crippen LogP contribution >= 0.6 is 15.9 Å². The number of hydrogen-bond donors (Lipinski definition) is 2. The van der Waals surface area contributed by atoms with Crippen LogP contribution in [0.4, 0.5) is 5.82 Å². The molecule has 18 heavy (non-hydrogen) atoms. The zero-order valence-electron chi connectivity index (χ0n) is 10.1. The fourth-order valence-electron chi connectivity index (χ4n) is 1.71. The molecule has 2 heterocycles. The Hall–Kier alpha value is -1.33. The number of aliphatic hydroxyl groups excluding tert-OH is 1. The zero-order valence-corrected chi connectivity index (χ0v) is 11.6. The summed E-state index contributed by atoms with van der Waals surface area (Å²) >= 11 is 3.42. The maximum absolute atomic E-state index is 9.10. The van der Waals surface area contributed by atoms with E-state index >= 15 is 0 Å². The molecule has 0 spiro atoms. The van der Waals surface area contributed by atoms with Gasteiger partial charge in [-0.15, -0.1) is 0 Å². The summed E-state index contributed by atoms with van der Waals surface area (Å²) in [6.07, 6.45) is 2.20. The Morgan fingerprint density at radius 2 is 2.28 bits per heavy atom. The minimum absolute atomic E-state index is 0.0712. The normalized spacial score (nSPS) is 12.4. The summed E-state index contributed by atoms with van der Waals surface area (Å²) < 4.78 is 6.34. The lowest BCUT2D eigenvalue weighted by atomic mass is 10.1. The van der Waals surface area contributed by atoms with E-state index in [2.05, 4.69) is 26.2 Å². The van der Waals surface area contributed by atoms with E-state index in [0.29, 0.717) is 6.42 Å². The van der Waals surface area contributed by atoms with Crippen molar-refractivity contribution in [1.29, 1.82) is 0 Å². The van der Waals surface area contributed by atoms with Crippen molar-refractivity contribution in [3.63, 3.8) is 0 Å². The second-order valence-corrected chi connectivity index (χ2v) is 4.84. The Balaban J connectivity index is 2.16. The fraction of sp³-hybridized carbons (Fsp3) is 0.308. The van der Waals surface area contributed by atoms with Gasteiger partial charge in [0, 0.05) is 11.1 Å². The number of furan rings is 1. The summed E-state index contributed by atoms with van der Waals surface area (Å²) in [6, 6.07) is 7.49. The zero-order chi connectivity index (χ0) is 13.0. The van der Waals surface area contributed by atoms with Crippen LogP contribution in [0.15, 0.2) is 39.4 Å². The van der Waals surface area contributed by atoms with Gasteiger partial charge in [0.05, 0.1) is 18.0 Å². The SMILES string of the molecule is Cc1nc(NC(CCO)c2ccco2)ccc1Br. The van der Waals surface area contributed by atoms with Crippen molar-refractivity contribution in [2.75, 3.05) is 11.9 Å². The summed E-state index contributed by atoms with van der Waals surface area (Å²) in [6.45, 7) is 2.02. The summed E-state index contributed by atoms with van der Waals surface area (Å²) in [7, 11) is 0. The quantitative estimate of drug-likeness (QED) is 0.889. The molecule has 1 unspecified atom stereocenters. The maximum Gasteiger partial charge on any atom is 0.126 e. The average Bonchev–Trinajstić information content (AvgIpc) is 2.87. The van der Waals surface area contributed by atoms with E-state index in [0.717, 1.165) is 21.7 Å². The second kappa shape index (κ2) is 6.02. The van der Waals surface area contributed by atoms with Gasteiger partial charge in [0.15, 0.2) is 0 Å². The standard InChI is InChI=1S/C13H15BrN2O2/c1-9-10(14)4-5-13(15-9)16-11(6-7-17)12-3-2-8-18-12/h2-5,8,11,17H,6-7H2,1H3,(H,15,16). The van der Waals surface area contributed by atoms with Crippen molar-refractivity contribution in [3.05, 3.63) is 46.5 Å². The van der Waals surface area contributed by atoms with Crippen molar-refractivity contribution < 1.29 is 9.52 Å². The third kappa shape index (κ3) is 3.11. The number of hydrogen-bond acceptors (Lipinski definition) is 4. The van der Waals surface area contributed by atoms with E-state index in [-0.39, 0.29) is 12.6 Å². The van der Waals surface area contributed by atoms with Crippen LogP contribution in [0.25, 0.3) is 0 Å². The Bertz CT molecular complexity index is 500. The highest BCUT2D eigenvalue weighted by molar-refractivity contribution is 9.10. The van der Waals surface area contributed by atoms with E-state index in [1.165, 1.54) is 0 Å². The van der Waals surface area contributed by atoms with Crippen LogP contribution in [-0.4, -0.2) is 16.7 Å². The minimum Gasteiger partial charge on any atom is -0.467 e. The van der Waals surface area contributed by atoms with Crippen LogP contribution in [0.2, 0.25) is 0 Å². The lowest BCUT2D eigenvalue weighted by Crippen LogP contribution is -2.13. The summed E-state index contributed by atoms with van der Waals surface area (Å²) in [5, 5.41) is 12.4. The number of rotatable bonds is 5. The van der Waals surface area contributed by atoms with Gasteiger partial charge in [0.1, 0.15) is 11.6 Å². The molecule has 0 fully saturated rings. The third-order valence-electron chi connectivity index (χ3n) is 2.65. The highest BCUT2D eigenvalue weighted by atomic mass is 79.9. The first kappa shape index (κ1) is 13.1. The molecule has 0 aliphatic heterocycles. The molecule has 0 saturated carbocycles. The fourth-order valence-corrected chi connectivity index (χ4v) is 1.93. The van der Waals surface area contributed by atoms with Gasteiger partial charge in [-0.3, -0.25) is 0 Å². The average molecular weight is 311 g/mol. The maximum atomic E-state index is 9.10. The first-order valence-corrected chi connectivity index (χ1v) is 6.54. The number of aliphatic hydroxyl groups is 1. The molecular formula is C13H15BrN2O2. The molecule has 2 aromatic rings. The topological polar surface area (TPSA) is 58.3 Å². The Labute approximate surface area is 114 Å². The number of nitrogens with one attached hydrogen (secondary N) is 1. The van der Waals surface area contributed by atoms with Gasteiger partial charge in [-0.1, -0.05) is 0 Å². The highest BCUT2D eigenvalue weighted by Gasteiger charge is 2.14. The largest absolute Gasteiger partial charge is 0.467 e. The minimum atomic E-state index is -0.0712. The van der Waals surface area contributed by atoms with Gasteiger partial charge in [-0.05, 0) is 53.5 Å². The Kier molecular flexibility index (Phi) is 4.38. The van der Waals surface area contributed by atoms with Crippen molar-refractivity contribution in [1.82, 2.24) is 4.98 Å². The molecule has 0 amide bonds. The van der Waals surface area contributed by atoms with E-state index in [1.807, 2.05) is 31.2 Å². The Morgan fingerprint density at radius 3 is 2.89 bits per heavy atom. The van der Waals surface area contributed by atoms with Crippen LogP contribution in [0.3, 0.4) is 0 Å². The highest BCUT2D eigenvalue weighted by Crippen LogP contribution is 2.23. The van der Waals surface area contributed by atoms with Crippen LogP contribution in [-0.2, 0) is 0 Å². The van der Waals surface area contributed by atoms with Crippen molar-refractivity contribution in [3.8, 4) is 0 Å². The van der Waals surface area contributed by atoms with Gasteiger partial charge in [0.2, 0.25) is 0 Å². The summed E-state index contributed by atoms with van der Waals surface area (Å²) in [5.41, 5.74) is 0.919. The van der Waals surface area contributed by atoms with Crippen LogP contribution in [0.5, 0.6) is 0 Å². The van der Waals surface area contributed by atoms with Crippen LogP contribution in [0, 0.1) is 6.92 Å². The van der Waals surface area contributed by atoms with Gasteiger partial charge in [-0.2, -0.15) is 0 Å². The van der Waals surface area contributed by atoms with E-state index in [4.69, 9.17) is 9.52 Å². The molecular weight excluding hydrogens is 296 g/mol. The number of nitrogens with zero attached hydrogens (tertiary/aromatic N) is 1. The molecule has 0 bridgehead atoms. The molecule has 4 nitrogen and oxygen atoms in total. The van der Waals surface area contributed by atoms with Crippen LogP contribution in [0.1, 0.15) is 23.9 Å². The van der Waals surface area contributed by atoms with Crippen molar-refractivity contribution in [2.24, 2.45) is 0 Å². The molecule has 96 valence electrons. The molecule has 5 heteroatoms. The number of aromatic nitrogens is 1. The van der Waals surface area contributed by atoms with Gasteiger partial charge >= 0.3 is 0 Å². The van der Waals surface area contributed by atoms with Crippen molar-refractivity contribution in [2.45, 2.75) is 19.4 Å². The molecule has 2 rings (SSSR count). The predicted molar refractivity (Wildman–Crippen MR) is 73.4 cm³/mol. The van der Waals surface area contributed by atoms with Crippen LogP contribution < -0.4 is 5.32 Å². The van der Waals surface area contributed by atoms with E-state index < -0.39 is 0 Å². The number of anilines is 1. The smallest absolute Gasteiger partial charge is 0.126 e. The molecule has 0 radical (unpaired) electrons. The number of aryl methyl sites for hydroxylation is 1. The van der Waals surface area contributed by atoms with Gasteiger partial charge < -0.3 is 14.8 Å². The molecule has 0 aliphatic rings. The summed E-state index contributed by atoms with van der Waals surface area (Å²) in [5.74, 6) is 1.57. The van der Waals surface area contributed by atoms with E-state index in [9.17, 15) is 0 Å². The van der Waals surface area contributed by atoms with Gasteiger partial charge in [0.25, 0.3) is 0 Å². The second-order valence-electron chi connectivity index (χ2n) is 3.99. The Morgan fingerprint density at radius 1 is 1.44 bits per heavy atom. The summed E-state index contributed by atoms with van der Waals surface area (Å²) in [4.78, 5) is 4.42. The lowest BCUT2D eigenvalue weighted by Gasteiger charge is -2.16. The first-order chi connectivity index (χ1) is 8.70. The monoisotopic (exact) mass is 310 g/mol. The van der Waals surface area contributed by atoms with Crippen molar-refractivity contribution >= 4 is 21.7 Å². The third-order valence-corrected chi connectivity index (χ3v) is 3.49. The number of halogens is 1. The predicted octanol–water partition coefficient (Wildman–Crippen LogP) is 3.28.